The van der Waals surface area contributed by atoms with Crippen LogP contribution in [-0.4, -0.2) is 37.2 Å². The smallest absolute Gasteiger partial charge is 0.306 e. The first-order valence-electron chi connectivity index (χ1n) is 28.2. The van der Waals surface area contributed by atoms with Crippen molar-refractivity contribution in [2.75, 3.05) is 13.2 Å². The minimum atomic E-state index is -0.796. The SMILES string of the molecule is CC\C=C/C=C\C=C/C=C\C=C/CCCCCC(=O)OCC(COC(=O)CCCCCCCCC/C=C\C/C=C\CCCCC)OC(=O)CCCCCCCCCCCCCCCCCCC. The molecular weight excluding hydrogens is 829 g/mol. The Bertz CT molecular complexity index is 1300. The zero-order valence-corrected chi connectivity index (χ0v) is 43.9. The summed E-state index contributed by atoms with van der Waals surface area (Å²) in [7, 11) is 0. The second-order valence-electron chi connectivity index (χ2n) is 18.6. The summed E-state index contributed by atoms with van der Waals surface area (Å²) in [5.74, 6) is -0.936. The highest BCUT2D eigenvalue weighted by Crippen LogP contribution is 2.16. The Morgan fingerprint density at radius 2 is 0.642 bits per heavy atom. The maximum atomic E-state index is 12.9. The highest BCUT2D eigenvalue weighted by molar-refractivity contribution is 5.71. The Morgan fingerprint density at radius 3 is 1.07 bits per heavy atom. The number of carbonyl (C=O) groups excluding carboxylic acids is 3. The van der Waals surface area contributed by atoms with Gasteiger partial charge in [0.05, 0.1) is 0 Å². The van der Waals surface area contributed by atoms with Crippen molar-refractivity contribution < 1.29 is 28.6 Å². The lowest BCUT2D eigenvalue weighted by molar-refractivity contribution is -0.167. The zero-order valence-electron chi connectivity index (χ0n) is 43.9. The molecule has 0 spiro atoms. The van der Waals surface area contributed by atoms with Gasteiger partial charge < -0.3 is 14.2 Å². The summed E-state index contributed by atoms with van der Waals surface area (Å²) in [6.07, 6.45) is 71.4. The first-order valence-corrected chi connectivity index (χ1v) is 28.2. The van der Waals surface area contributed by atoms with Crippen molar-refractivity contribution >= 4 is 17.9 Å². The largest absolute Gasteiger partial charge is 0.462 e. The van der Waals surface area contributed by atoms with Gasteiger partial charge in [0.25, 0.3) is 0 Å². The Balaban J connectivity index is 4.45. The van der Waals surface area contributed by atoms with E-state index in [1.165, 1.54) is 141 Å². The van der Waals surface area contributed by atoms with Crippen molar-refractivity contribution in [1.82, 2.24) is 0 Å². The lowest BCUT2D eigenvalue weighted by atomic mass is 10.0. The third-order valence-electron chi connectivity index (χ3n) is 12.0. The molecule has 0 aliphatic heterocycles. The van der Waals surface area contributed by atoms with Crippen LogP contribution >= 0.6 is 0 Å². The van der Waals surface area contributed by atoms with Crippen molar-refractivity contribution in [2.24, 2.45) is 0 Å². The van der Waals surface area contributed by atoms with E-state index >= 15 is 0 Å². The summed E-state index contributed by atoms with van der Waals surface area (Å²) in [4.78, 5) is 38.1. The van der Waals surface area contributed by atoms with E-state index < -0.39 is 6.10 Å². The third-order valence-corrected chi connectivity index (χ3v) is 12.0. The summed E-state index contributed by atoms with van der Waals surface area (Å²) in [6.45, 7) is 6.45. The van der Waals surface area contributed by atoms with Crippen LogP contribution in [0.4, 0.5) is 0 Å². The molecule has 1 unspecified atom stereocenters. The van der Waals surface area contributed by atoms with E-state index in [1.54, 1.807) is 0 Å². The summed E-state index contributed by atoms with van der Waals surface area (Å²) < 4.78 is 16.8. The van der Waals surface area contributed by atoms with Gasteiger partial charge in [0.1, 0.15) is 13.2 Å². The number of carbonyl (C=O) groups is 3. The average molecular weight is 933 g/mol. The van der Waals surface area contributed by atoms with Crippen molar-refractivity contribution in [1.29, 1.82) is 0 Å². The highest BCUT2D eigenvalue weighted by atomic mass is 16.6. The maximum absolute atomic E-state index is 12.9. The van der Waals surface area contributed by atoms with Gasteiger partial charge in [-0.1, -0.05) is 260 Å². The Morgan fingerprint density at radius 1 is 0.328 bits per heavy atom. The number of unbranched alkanes of at least 4 members (excludes halogenated alkanes) is 29. The minimum Gasteiger partial charge on any atom is -0.462 e. The Hall–Kier alpha value is -3.41. The second-order valence-corrected chi connectivity index (χ2v) is 18.6. The van der Waals surface area contributed by atoms with E-state index in [0.717, 1.165) is 83.5 Å². The molecule has 0 fully saturated rings. The van der Waals surface area contributed by atoms with E-state index in [-0.39, 0.29) is 31.1 Å². The number of rotatable bonds is 50. The monoisotopic (exact) mass is 933 g/mol. The lowest BCUT2D eigenvalue weighted by Gasteiger charge is -2.18. The zero-order chi connectivity index (χ0) is 48.6. The highest BCUT2D eigenvalue weighted by Gasteiger charge is 2.19. The summed E-state index contributed by atoms with van der Waals surface area (Å²) >= 11 is 0. The standard InChI is InChI=1S/C61H104O6/c1-4-7-10-13-16-19-22-25-28-30-33-36-39-42-45-48-51-54-60(63)66-57-58(56-65-59(62)53-50-47-44-41-38-35-32-27-24-21-18-15-12-9-6-3)67-61(64)55-52-49-46-43-40-37-34-31-29-26-23-20-17-14-11-8-5-2/h9,12,15-16,18-19,21,24-25,27-28,32,35,38,58H,4-8,10-11,13-14,17,20,22-23,26,29-31,33-34,36-37,39-57H2,1-3H3/b12-9-,18-15-,19-16-,24-21-,28-25-,32-27-,38-35-. The van der Waals surface area contributed by atoms with Crippen LogP contribution in [0.2, 0.25) is 0 Å². The number of hydrogen-bond donors (Lipinski definition) is 0. The van der Waals surface area contributed by atoms with Crippen molar-refractivity contribution in [3.63, 3.8) is 0 Å². The molecule has 0 aliphatic rings. The van der Waals surface area contributed by atoms with Crippen LogP contribution in [0.3, 0.4) is 0 Å². The average Bonchev–Trinajstić information content (AvgIpc) is 3.33. The molecule has 1 atom stereocenters. The van der Waals surface area contributed by atoms with E-state index in [1.807, 2.05) is 48.6 Å². The molecule has 384 valence electrons. The van der Waals surface area contributed by atoms with Crippen LogP contribution in [0.15, 0.2) is 85.1 Å². The molecule has 67 heavy (non-hydrogen) atoms. The van der Waals surface area contributed by atoms with Crippen LogP contribution in [-0.2, 0) is 28.6 Å². The molecule has 0 rings (SSSR count). The van der Waals surface area contributed by atoms with Gasteiger partial charge in [0.2, 0.25) is 0 Å². The number of esters is 3. The molecule has 6 nitrogen and oxygen atoms in total. The molecule has 0 bridgehead atoms. The van der Waals surface area contributed by atoms with Crippen LogP contribution in [0.1, 0.15) is 265 Å². The van der Waals surface area contributed by atoms with Crippen LogP contribution in [0.5, 0.6) is 0 Å². The van der Waals surface area contributed by atoms with E-state index in [0.29, 0.717) is 19.3 Å². The van der Waals surface area contributed by atoms with Gasteiger partial charge in [-0.25, -0.2) is 0 Å². The van der Waals surface area contributed by atoms with Gasteiger partial charge >= 0.3 is 17.9 Å². The van der Waals surface area contributed by atoms with Crippen LogP contribution < -0.4 is 0 Å². The Labute approximate surface area is 414 Å². The van der Waals surface area contributed by atoms with E-state index in [4.69, 9.17) is 14.2 Å². The normalized spacial score (nSPS) is 12.7. The van der Waals surface area contributed by atoms with Gasteiger partial charge in [-0.3, -0.25) is 14.4 Å². The van der Waals surface area contributed by atoms with Crippen LogP contribution in [0.25, 0.3) is 0 Å². The van der Waals surface area contributed by atoms with Gasteiger partial charge in [-0.2, -0.15) is 0 Å². The molecule has 0 aromatic heterocycles. The van der Waals surface area contributed by atoms with Gasteiger partial charge in [-0.05, 0) is 70.6 Å². The molecular formula is C61H104O6. The Kier molecular flexibility index (Phi) is 52.4. The third kappa shape index (κ3) is 53.4. The molecule has 0 aliphatic carbocycles. The summed E-state index contributed by atoms with van der Waals surface area (Å²) in [5, 5.41) is 0. The quantitative estimate of drug-likeness (QED) is 0.0199. The van der Waals surface area contributed by atoms with Crippen molar-refractivity contribution in [2.45, 2.75) is 271 Å². The molecule has 0 N–H and O–H groups in total. The molecule has 0 amide bonds. The predicted octanol–water partition coefficient (Wildman–Crippen LogP) is 18.8. The second kappa shape index (κ2) is 55.2. The molecule has 0 saturated heterocycles. The van der Waals surface area contributed by atoms with Gasteiger partial charge in [0, 0.05) is 19.3 Å². The molecule has 6 heteroatoms. The number of hydrogen-bond acceptors (Lipinski definition) is 6. The fourth-order valence-corrected chi connectivity index (χ4v) is 7.79. The first-order chi connectivity index (χ1) is 33.0. The number of ether oxygens (including phenoxy) is 3. The minimum absolute atomic E-state index is 0.0931. The van der Waals surface area contributed by atoms with Crippen molar-refractivity contribution in [3.8, 4) is 0 Å². The van der Waals surface area contributed by atoms with E-state index in [9.17, 15) is 14.4 Å². The molecule has 0 aromatic rings. The van der Waals surface area contributed by atoms with Gasteiger partial charge in [-0.15, -0.1) is 0 Å². The summed E-state index contributed by atoms with van der Waals surface area (Å²) in [6, 6.07) is 0. The maximum Gasteiger partial charge on any atom is 0.306 e. The van der Waals surface area contributed by atoms with Crippen LogP contribution in [0, 0.1) is 0 Å². The van der Waals surface area contributed by atoms with Crippen molar-refractivity contribution in [3.05, 3.63) is 85.1 Å². The van der Waals surface area contributed by atoms with E-state index in [2.05, 4.69) is 57.2 Å². The molecule has 0 radical (unpaired) electrons. The lowest BCUT2D eigenvalue weighted by Crippen LogP contribution is -2.30. The first kappa shape index (κ1) is 63.6. The fourth-order valence-electron chi connectivity index (χ4n) is 7.79. The molecule has 0 aromatic carbocycles. The molecule has 0 saturated carbocycles. The molecule has 0 heterocycles. The number of allylic oxidation sites excluding steroid dienone is 14. The van der Waals surface area contributed by atoms with Gasteiger partial charge in [0.15, 0.2) is 6.10 Å². The summed E-state index contributed by atoms with van der Waals surface area (Å²) in [5.41, 5.74) is 0. The fraction of sp³-hybridized carbons (Fsp3) is 0.721. The predicted molar refractivity (Wildman–Crippen MR) is 288 cm³/mol. The topological polar surface area (TPSA) is 78.9 Å².